The van der Waals surface area contributed by atoms with Crippen LogP contribution < -0.4 is 0 Å². The Morgan fingerprint density at radius 1 is 0.597 bits per heavy atom. The molecule has 0 saturated heterocycles. The maximum Gasteiger partial charge on any atom is 0.346 e. The highest BCUT2D eigenvalue weighted by Crippen LogP contribution is 2.50. The Bertz CT molecular complexity index is 2380. The van der Waals surface area contributed by atoms with Crippen LogP contribution in [-0.4, -0.2) is 56.9 Å². The van der Waals surface area contributed by atoms with Gasteiger partial charge in [0.15, 0.2) is 0 Å². The number of hydrogen-bond acceptors (Lipinski definition) is 8. The lowest BCUT2D eigenvalue weighted by Crippen LogP contribution is -2.34. The third-order valence-corrected chi connectivity index (χ3v) is 13.8. The molecule has 2 aliphatic rings. The first-order valence-corrected chi connectivity index (χ1v) is 22.8. The van der Waals surface area contributed by atoms with E-state index in [0.29, 0.717) is 46.8 Å². The van der Waals surface area contributed by atoms with E-state index in [1.165, 1.54) is 34.8 Å². The van der Waals surface area contributed by atoms with Crippen molar-refractivity contribution in [2.75, 3.05) is 13.1 Å². The second kappa shape index (κ2) is 20.5. The van der Waals surface area contributed by atoms with Crippen molar-refractivity contribution >= 4 is 70.0 Å². The molecule has 0 spiro atoms. The Morgan fingerprint density at radius 2 is 0.952 bits per heavy atom. The van der Waals surface area contributed by atoms with E-state index in [0.717, 1.165) is 82.0 Å². The summed E-state index contributed by atoms with van der Waals surface area (Å²) in [4.78, 5) is 60.3. The first-order valence-electron chi connectivity index (χ1n) is 21.2. The van der Waals surface area contributed by atoms with Gasteiger partial charge in [-0.1, -0.05) is 115 Å². The molecule has 4 heterocycles. The lowest BCUT2D eigenvalue weighted by Gasteiger charge is -2.29. The monoisotopic (exact) mass is 866 g/mol. The molecule has 10 nitrogen and oxygen atoms in total. The molecule has 2 aromatic heterocycles. The highest BCUT2D eigenvalue weighted by molar-refractivity contribution is 7.17. The van der Waals surface area contributed by atoms with Gasteiger partial charge < -0.3 is 20.0 Å². The van der Waals surface area contributed by atoms with Crippen molar-refractivity contribution in [1.82, 2.24) is 9.80 Å². The Balaban J connectivity index is 1.48. The Labute approximate surface area is 371 Å². The largest absolute Gasteiger partial charge is 0.477 e. The smallest absolute Gasteiger partial charge is 0.346 e. The van der Waals surface area contributed by atoms with Crippen molar-refractivity contribution in [2.24, 2.45) is 11.8 Å². The fourth-order valence-corrected chi connectivity index (χ4v) is 10.1. The second-order valence-corrected chi connectivity index (χ2v) is 17.8. The molecular formula is C50H50N4O6S2. The molecule has 0 aliphatic carbocycles. The summed E-state index contributed by atoms with van der Waals surface area (Å²) in [5, 5.41) is 37.1. The van der Waals surface area contributed by atoms with Crippen LogP contribution >= 0.6 is 22.7 Å². The lowest BCUT2D eigenvalue weighted by molar-refractivity contribution is -0.133. The van der Waals surface area contributed by atoms with E-state index in [2.05, 4.69) is 27.7 Å². The van der Waals surface area contributed by atoms with E-state index < -0.39 is 11.9 Å². The number of unbranched alkanes of at least 4 members (excludes halogenated alkanes) is 2. The number of carboxylic acid groups (broad SMARTS) is 2. The third-order valence-electron chi connectivity index (χ3n) is 11.5. The Kier molecular flexibility index (Phi) is 14.9. The summed E-state index contributed by atoms with van der Waals surface area (Å²) in [5.41, 5.74) is 4.36. The molecular weight excluding hydrogens is 817 g/mol. The number of fused-ring (bicyclic) bond motifs is 1. The highest BCUT2D eigenvalue weighted by Gasteiger charge is 2.50. The molecule has 4 aromatic rings. The average Bonchev–Trinajstić information content (AvgIpc) is 4.07. The molecule has 2 atom stereocenters. The maximum absolute atomic E-state index is 15.2. The Morgan fingerprint density at radius 3 is 1.26 bits per heavy atom. The number of aliphatic carboxylic acids is 2. The van der Waals surface area contributed by atoms with Gasteiger partial charge in [-0.15, -0.1) is 22.7 Å². The number of carbonyl (C=O) groups excluding carboxylic acids is 2. The standard InChI is InChI=1S/C50H50N4O6S2/c1-5-9-11-31(7-3)29-53-45(41-23-21-39(61-41)35-17-13-33(14-18-35)25-37(27-51)49(57)58)43-44(47(53)55)46(54(48(43)56)30-32(8-4)12-10-6-2)42-24-22-40(62-42)36-19-15-34(16-20-36)26-38(28-52)50(59)60/h13-26,31-32H,5-12,29-30H2,1-4H3,(H,57,58)(H,59,60)/b37-25-,38-26-. The number of benzene rings is 2. The van der Waals surface area contributed by atoms with Gasteiger partial charge >= 0.3 is 11.9 Å². The molecule has 0 fully saturated rings. The molecule has 2 N–H and O–H groups in total. The zero-order chi connectivity index (χ0) is 44.5. The number of carbonyl (C=O) groups is 4. The minimum Gasteiger partial charge on any atom is -0.477 e. The van der Waals surface area contributed by atoms with Crippen LogP contribution in [-0.2, 0) is 19.2 Å². The van der Waals surface area contributed by atoms with Gasteiger partial charge in [0.2, 0.25) is 0 Å². The third kappa shape index (κ3) is 9.73. The zero-order valence-corrected chi connectivity index (χ0v) is 37.1. The van der Waals surface area contributed by atoms with Crippen LogP contribution in [0.4, 0.5) is 0 Å². The normalized spacial score (nSPS) is 15.3. The summed E-state index contributed by atoms with van der Waals surface area (Å²) in [6, 6.07) is 25.9. The quantitative estimate of drug-likeness (QED) is 0.0655. The van der Waals surface area contributed by atoms with Crippen molar-refractivity contribution in [2.45, 2.75) is 79.1 Å². The first-order chi connectivity index (χ1) is 30.0. The second-order valence-electron chi connectivity index (χ2n) is 15.6. The van der Waals surface area contributed by atoms with E-state index >= 15 is 9.59 Å². The van der Waals surface area contributed by atoms with E-state index in [4.69, 9.17) is 0 Å². The zero-order valence-electron chi connectivity index (χ0n) is 35.4. The molecule has 12 heteroatoms. The molecule has 2 unspecified atom stereocenters. The number of thiophene rings is 2. The summed E-state index contributed by atoms with van der Waals surface area (Å²) in [6.45, 7) is 9.59. The van der Waals surface area contributed by atoms with Crippen LogP contribution in [0, 0.1) is 34.5 Å². The Hall–Kier alpha value is -6.34. The van der Waals surface area contributed by atoms with E-state index in [1.807, 2.05) is 58.3 Å². The van der Waals surface area contributed by atoms with Crippen LogP contribution in [0.5, 0.6) is 0 Å². The van der Waals surface area contributed by atoms with E-state index in [9.17, 15) is 30.3 Å². The molecule has 0 saturated carbocycles. The van der Waals surface area contributed by atoms with E-state index in [-0.39, 0.29) is 34.8 Å². The number of nitrogens with zero attached hydrogens (tertiary/aromatic N) is 4. The van der Waals surface area contributed by atoms with Crippen molar-refractivity contribution in [1.29, 1.82) is 10.5 Å². The van der Waals surface area contributed by atoms with Crippen LogP contribution in [0.2, 0.25) is 0 Å². The number of hydrogen-bond donors (Lipinski definition) is 2. The molecule has 0 radical (unpaired) electrons. The molecule has 0 bridgehead atoms. The van der Waals surface area contributed by atoms with Gasteiger partial charge in [-0.25, -0.2) is 9.59 Å². The van der Waals surface area contributed by atoms with Crippen molar-refractivity contribution in [3.63, 3.8) is 0 Å². The van der Waals surface area contributed by atoms with Crippen molar-refractivity contribution in [3.8, 4) is 33.0 Å². The topological polar surface area (TPSA) is 163 Å². The average molecular weight is 867 g/mol. The predicted molar refractivity (Wildman–Crippen MR) is 246 cm³/mol. The fraction of sp³-hybridized carbons (Fsp3) is 0.320. The van der Waals surface area contributed by atoms with Gasteiger partial charge in [0, 0.05) is 22.8 Å². The summed E-state index contributed by atoms with van der Waals surface area (Å²) in [5.74, 6) is -2.46. The number of amides is 2. The van der Waals surface area contributed by atoms with Gasteiger partial charge in [0.25, 0.3) is 11.8 Å². The SMILES string of the molecule is CCCCC(CC)CN1C(=O)C2=C(c3ccc(-c4ccc(/C=C(/C#N)C(=O)O)cc4)s3)N(CC(CC)CCCC)C(=O)C2=C1c1ccc(-c2ccc(/C=C(/C#N)C(=O)O)cc2)s1. The van der Waals surface area contributed by atoms with Crippen LogP contribution in [0.1, 0.15) is 99.9 Å². The minimum atomic E-state index is -1.29. The number of rotatable bonds is 20. The summed E-state index contributed by atoms with van der Waals surface area (Å²) < 4.78 is 0. The first kappa shape index (κ1) is 45.2. The molecule has 6 rings (SSSR count). The molecule has 2 aliphatic heterocycles. The van der Waals surface area contributed by atoms with Gasteiger partial charge in [-0.2, -0.15) is 10.5 Å². The lowest BCUT2D eigenvalue weighted by atomic mass is 9.98. The summed E-state index contributed by atoms with van der Waals surface area (Å²) in [7, 11) is 0. The van der Waals surface area contributed by atoms with Crippen LogP contribution in [0.15, 0.2) is 95.1 Å². The van der Waals surface area contributed by atoms with Gasteiger partial charge in [0.05, 0.1) is 32.3 Å². The van der Waals surface area contributed by atoms with Gasteiger partial charge in [0.1, 0.15) is 23.3 Å². The van der Waals surface area contributed by atoms with E-state index in [1.54, 1.807) is 36.4 Å². The number of nitriles is 2. The minimum absolute atomic E-state index is 0.173. The summed E-state index contributed by atoms with van der Waals surface area (Å²) >= 11 is 3.00. The molecule has 2 aromatic carbocycles. The van der Waals surface area contributed by atoms with Crippen molar-refractivity contribution in [3.05, 3.63) is 116 Å². The highest BCUT2D eigenvalue weighted by atomic mass is 32.1. The summed E-state index contributed by atoms with van der Waals surface area (Å²) in [6.07, 6.45) is 10.5. The predicted octanol–water partition coefficient (Wildman–Crippen LogP) is 11.4. The van der Waals surface area contributed by atoms with Gasteiger partial charge in [-0.05, 0) is 83.3 Å². The van der Waals surface area contributed by atoms with Gasteiger partial charge in [-0.3, -0.25) is 9.59 Å². The fourth-order valence-electron chi connectivity index (χ4n) is 7.95. The molecule has 2 amide bonds. The molecule has 62 heavy (non-hydrogen) atoms. The molecule has 318 valence electrons. The van der Waals surface area contributed by atoms with Crippen LogP contribution in [0.3, 0.4) is 0 Å². The maximum atomic E-state index is 15.2. The van der Waals surface area contributed by atoms with Crippen molar-refractivity contribution < 1.29 is 29.4 Å². The van der Waals surface area contributed by atoms with Crippen LogP contribution in [0.25, 0.3) is 44.4 Å². The number of carboxylic acids is 2.